The zero-order valence-electron chi connectivity index (χ0n) is 15.7. The lowest BCUT2D eigenvalue weighted by Gasteiger charge is -2.55. The molecule has 0 aliphatic heterocycles. The van der Waals surface area contributed by atoms with Gasteiger partial charge in [0.05, 0.1) is 6.10 Å². The zero-order chi connectivity index (χ0) is 18.2. The van der Waals surface area contributed by atoms with E-state index in [0.717, 1.165) is 18.5 Å². The first-order valence-corrected chi connectivity index (χ1v) is 9.01. The number of carbonyl (C=O) groups excluding carboxylic acids is 1. The van der Waals surface area contributed by atoms with Crippen LogP contribution >= 0.6 is 0 Å². The molecule has 2 heterocycles. The Labute approximate surface area is 148 Å². The van der Waals surface area contributed by atoms with E-state index in [-0.39, 0.29) is 29.3 Å². The SMILES string of the molecule is CCCN(C(=O)c1nc2nccc(C)n2n1)C1CC(OCC)C1(C)C. The molecule has 1 amide bonds. The number of carbonyl (C=O) groups is 1. The first kappa shape index (κ1) is 17.8. The molecule has 1 aliphatic carbocycles. The van der Waals surface area contributed by atoms with Crippen molar-refractivity contribution < 1.29 is 9.53 Å². The highest BCUT2D eigenvalue weighted by molar-refractivity contribution is 5.91. The van der Waals surface area contributed by atoms with Gasteiger partial charge in [0.2, 0.25) is 5.82 Å². The van der Waals surface area contributed by atoms with E-state index in [0.29, 0.717) is 18.9 Å². The van der Waals surface area contributed by atoms with Crippen LogP contribution in [0.5, 0.6) is 0 Å². The van der Waals surface area contributed by atoms with Crippen molar-refractivity contribution in [3.8, 4) is 0 Å². The van der Waals surface area contributed by atoms with Crippen LogP contribution < -0.4 is 0 Å². The molecular weight excluding hydrogens is 318 g/mol. The lowest BCUT2D eigenvalue weighted by atomic mass is 9.63. The van der Waals surface area contributed by atoms with Gasteiger partial charge in [-0.3, -0.25) is 4.79 Å². The Kier molecular flexibility index (Phi) is 4.77. The van der Waals surface area contributed by atoms with Crippen molar-refractivity contribution in [2.24, 2.45) is 5.41 Å². The number of ether oxygens (including phenoxy) is 1. The van der Waals surface area contributed by atoms with Gasteiger partial charge in [0.25, 0.3) is 11.7 Å². The van der Waals surface area contributed by atoms with Gasteiger partial charge in [-0.15, -0.1) is 5.10 Å². The molecule has 0 saturated heterocycles. The van der Waals surface area contributed by atoms with E-state index in [1.807, 2.05) is 24.8 Å². The Morgan fingerprint density at radius 2 is 2.20 bits per heavy atom. The molecule has 136 valence electrons. The summed E-state index contributed by atoms with van der Waals surface area (Å²) >= 11 is 0. The summed E-state index contributed by atoms with van der Waals surface area (Å²) in [4.78, 5) is 23.6. The van der Waals surface area contributed by atoms with Crippen molar-refractivity contribution in [3.05, 3.63) is 23.8 Å². The third-order valence-corrected chi connectivity index (χ3v) is 5.22. The zero-order valence-corrected chi connectivity index (χ0v) is 15.7. The predicted octanol–water partition coefficient (Wildman–Crippen LogP) is 2.49. The van der Waals surface area contributed by atoms with E-state index in [1.165, 1.54) is 0 Å². The van der Waals surface area contributed by atoms with E-state index in [4.69, 9.17) is 4.74 Å². The summed E-state index contributed by atoms with van der Waals surface area (Å²) in [6, 6.07) is 1.98. The van der Waals surface area contributed by atoms with Crippen LogP contribution in [-0.4, -0.2) is 55.7 Å². The first-order chi connectivity index (χ1) is 11.9. The molecule has 25 heavy (non-hydrogen) atoms. The van der Waals surface area contributed by atoms with Crippen LogP contribution in [-0.2, 0) is 4.74 Å². The number of aryl methyl sites for hydroxylation is 1. The highest BCUT2D eigenvalue weighted by Gasteiger charge is 2.52. The van der Waals surface area contributed by atoms with Gasteiger partial charge < -0.3 is 9.64 Å². The quantitative estimate of drug-likeness (QED) is 0.804. The molecule has 0 aromatic carbocycles. The number of nitrogens with zero attached hydrogens (tertiary/aromatic N) is 5. The minimum absolute atomic E-state index is 0.0752. The largest absolute Gasteiger partial charge is 0.378 e. The van der Waals surface area contributed by atoms with Crippen molar-refractivity contribution in [3.63, 3.8) is 0 Å². The Morgan fingerprint density at radius 1 is 1.44 bits per heavy atom. The maximum absolute atomic E-state index is 13.1. The van der Waals surface area contributed by atoms with E-state index >= 15 is 0 Å². The van der Waals surface area contributed by atoms with Crippen LogP contribution in [0.2, 0.25) is 0 Å². The maximum Gasteiger partial charge on any atom is 0.293 e. The van der Waals surface area contributed by atoms with E-state index < -0.39 is 0 Å². The standard InChI is InChI=1S/C18H27N5O2/c1-6-10-22(13-11-14(25-7-2)18(13,4)5)16(24)15-20-17-19-9-8-12(3)23(17)21-15/h8-9,13-14H,6-7,10-11H2,1-5H3. The molecule has 0 N–H and O–H groups in total. The molecule has 7 heteroatoms. The summed E-state index contributed by atoms with van der Waals surface area (Å²) in [6.07, 6.45) is 3.62. The molecule has 1 saturated carbocycles. The molecule has 1 aliphatic rings. The monoisotopic (exact) mass is 345 g/mol. The van der Waals surface area contributed by atoms with Crippen LogP contribution in [0, 0.1) is 12.3 Å². The Hall–Kier alpha value is -2.02. The second kappa shape index (κ2) is 6.71. The van der Waals surface area contributed by atoms with Crippen molar-refractivity contribution in [2.75, 3.05) is 13.2 Å². The van der Waals surface area contributed by atoms with Crippen LogP contribution in [0.25, 0.3) is 5.78 Å². The summed E-state index contributed by atoms with van der Waals surface area (Å²) in [5.41, 5.74) is 0.827. The number of hydrogen-bond acceptors (Lipinski definition) is 5. The molecule has 0 spiro atoms. The third kappa shape index (κ3) is 3.01. The lowest BCUT2D eigenvalue weighted by Crippen LogP contribution is -2.63. The van der Waals surface area contributed by atoms with Gasteiger partial charge >= 0.3 is 0 Å². The van der Waals surface area contributed by atoms with E-state index in [9.17, 15) is 4.79 Å². The Morgan fingerprint density at radius 3 is 2.80 bits per heavy atom. The van der Waals surface area contributed by atoms with Crippen molar-refractivity contribution in [2.45, 2.75) is 59.6 Å². The maximum atomic E-state index is 13.1. The molecule has 3 rings (SSSR count). The van der Waals surface area contributed by atoms with Crippen LogP contribution in [0.15, 0.2) is 12.3 Å². The molecular formula is C18H27N5O2. The smallest absolute Gasteiger partial charge is 0.293 e. The van der Waals surface area contributed by atoms with Crippen molar-refractivity contribution in [1.29, 1.82) is 0 Å². The fraction of sp³-hybridized carbons (Fsp3) is 0.667. The molecule has 1 fully saturated rings. The number of hydrogen-bond donors (Lipinski definition) is 0. The van der Waals surface area contributed by atoms with Crippen LogP contribution in [0.3, 0.4) is 0 Å². The second-order valence-corrected chi connectivity index (χ2v) is 7.25. The minimum Gasteiger partial charge on any atom is -0.378 e. The molecule has 2 unspecified atom stereocenters. The van der Waals surface area contributed by atoms with Gasteiger partial charge in [0.15, 0.2) is 0 Å². The molecule has 2 atom stereocenters. The van der Waals surface area contributed by atoms with Gasteiger partial charge in [0, 0.05) is 36.5 Å². The lowest BCUT2D eigenvalue weighted by molar-refractivity contribution is -0.140. The Balaban J connectivity index is 1.87. The van der Waals surface area contributed by atoms with Gasteiger partial charge in [-0.2, -0.15) is 4.98 Å². The molecule has 0 radical (unpaired) electrons. The van der Waals surface area contributed by atoms with Crippen LogP contribution in [0.1, 0.15) is 56.8 Å². The third-order valence-electron chi connectivity index (χ3n) is 5.22. The highest BCUT2D eigenvalue weighted by Crippen LogP contribution is 2.46. The van der Waals surface area contributed by atoms with Crippen LogP contribution in [0.4, 0.5) is 0 Å². The summed E-state index contributed by atoms with van der Waals surface area (Å²) < 4.78 is 7.43. The topological polar surface area (TPSA) is 72.6 Å². The number of fused-ring (bicyclic) bond motifs is 1. The summed E-state index contributed by atoms with van der Waals surface area (Å²) in [5, 5.41) is 4.38. The fourth-order valence-electron chi connectivity index (χ4n) is 3.64. The number of rotatable bonds is 6. The van der Waals surface area contributed by atoms with Gasteiger partial charge in [-0.05, 0) is 32.8 Å². The van der Waals surface area contributed by atoms with E-state index in [2.05, 4.69) is 35.8 Å². The summed E-state index contributed by atoms with van der Waals surface area (Å²) in [6.45, 7) is 11.7. The number of amides is 1. The first-order valence-electron chi connectivity index (χ1n) is 9.01. The van der Waals surface area contributed by atoms with Crippen molar-refractivity contribution in [1.82, 2.24) is 24.5 Å². The average molecular weight is 345 g/mol. The van der Waals surface area contributed by atoms with Gasteiger partial charge in [0.1, 0.15) is 0 Å². The predicted molar refractivity (Wildman–Crippen MR) is 94.4 cm³/mol. The van der Waals surface area contributed by atoms with Crippen molar-refractivity contribution >= 4 is 11.7 Å². The fourth-order valence-corrected chi connectivity index (χ4v) is 3.64. The second-order valence-electron chi connectivity index (χ2n) is 7.25. The molecule has 2 aromatic heterocycles. The molecule has 7 nitrogen and oxygen atoms in total. The normalized spacial score (nSPS) is 22.0. The Bertz CT molecular complexity index is 770. The summed E-state index contributed by atoms with van der Waals surface area (Å²) in [5.74, 6) is 0.547. The molecule has 2 aromatic rings. The average Bonchev–Trinajstić information content (AvgIpc) is 3.02. The minimum atomic E-state index is -0.125. The molecule has 0 bridgehead atoms. The highest BCUT2D eigenvalue weighted by atomic mass is 16.5. The van der Waals surface area contributed by atoms with Gasteiger partial charge in [-0.1, -0.05) is 20.8 Å². The van der Waals surface area contributed by atoms with Gasteiger partial charge in [-0.25, -0.2) is 9.50 Å². The number of aromatic nitrogens is 4. The van der Waals surface area contributed by atoms with E-state index in [1.54, 1.807) is 10.7 Å². The summed E-state index contributed by atoms with van der Waals surface area (Å²) in [7, 11) is 0.